The zero-order valence-corrected chi connectivity index (χ0v) is 14.7. The van der Waals surface area contributed by atoms with Crippen molar-refractivity contribution < 1.29 is 4.42 Å². The van der Waals surface area contributed by atoms with Gasteiger partial charge in [-0.25, -0.2) is 0 Å². The average molecular weight is 355 g/mol. The van der Waals surface area contributed by atoms with E-state index in [2.05, 4.69) is 60.7 Å². The molecule has 0 spiro atoms. The molecule has 0 saturated carbocycles. The van der Waals surface area contributed by atoms with E-state index in [0.29, 0.717) is 0 Å². The first kappa shape index (κ1) is 15.2. The lowest BCUT2D eigenvalue weighted by Gasteiger charge is -2.01. The van der Waals surface area contributed by atoms with Gasteiger partial charge < -0.3 is 4.42 Å². The molecule has 0 unspecified atom stereocenters. The third kappa shape index (κ3) is 2.58. The van der Waals surface area contributed by atoms with Crippen LogP contribution in [-0.2, 0) is 0 Å². The standard InChI is InChI=1S/C24H15ClO/c25-20-10-6-17(7-11-20)19-9-13-22-21-12-8-18(16-4-2-1-3-5-16)14-23(21)26-24(22)15-19/h1-15H. The summed E-state index contributed by atoms with van der Waals surface area (Å²) in [5.41, 5.74) is 6.41. The number of benzene rings is 4. The van der Waals surface area contributed by atoms with Gasteiger partial charge in [-0.1, -0.05) is 66.2 Å². The van der Waals surface area contributed by atoms with E-state index in [1.807, 2.05) is 30.3 Å². The molecule has 124 valence electrons. The second-order valence-electron chi connectivity index (χ2n) is 6.40. The number of rotatable bonds is 2. The molecule has 0 N–H and O–H groups in total. The van der Waals surface area contributed by atoms with E-state index < -0.39 is 0 Å². The molecule has 0 aliphatic carbocycles. The van der Waals surface area contributed by atoms with E-state index >= 15 is 0 Å². The molecule has 1 aromatic heterocycles. The van der Waals surface area contributed by atoms with Crippen LogP contribution in [0.1, 0.15) is 0 Å². The van der Waals surface area contributed by atoms with Crippen molar-refractivity contribution >= 4 is 33.5 Å². The summed E-state index contributed by atoms with van der Waals surface area (Å²) < 4.78 is 6.17. The van der Waals surface area contributed by atoms with Gasteiger partial charge in [-0.2, -0.15) is 0 Å². The van der Waals surface area contributed by atoms with E-state index in [1.54, 1.807) is 0 Å². The monoisotopic (exact) mass is 354 g/mol. The Balaban J connectivity index is 1.65. The van der Waals surface area contributed by atoms with Gasteiger partial charge in [-0.15, -0.1) is 0 Å². The van der Waals surface area contributed by atoms with Gasteiger partial charge in [0.1, 0.15) is 11.2 Å². The van der Waals surface area contributed by atoms with E-state index in [4.69, 9.17) is 16.0 Å². The molecule has 2 heteroatoms. The molecule has 0 atom stereocenters. The fourth-order valence-electron chi connectivity index (χ4n) is 3.41. The largest absolute Gasteiger partial charge is 0.456 e. The Morgan fingerprint density at radius 3 is 1.58 bits per heavy atom. The summed E-state index contributed by atoms with van der Waals surface area (Å²) in [5, 5.41) is 3.02. The van der Waals surface area contributed by atoms with Crippen LogP contribution in [0.25, 0.3) is 44.2 Å². The highest BCUT2D eigenvalue weighted by Gasteiger charge is 2.10. The topological polar surface area (TPSA) is 13.1 Å². The third-order valence-electron chi connectivity index (χ3n) is 4.76. The quantitative estimate of drug-likeness (QED) is 0.318. The van der Waals surface area contributed by atoms with E-state index in [0.717, 1.165) is 43.7 Å². The van der Waals surface area contributed by atoms with Crippen LogP contribution in [0.4, 0.5) is 0 Å². The van der Waals surface area contributed by atoms with Crippen LogP contribution in [0, 0.1) is 0 Å². The first-order chi connectivity index (χ1) is 12.8. The Morgan fingerprint density at radius 1 is 0.500 bits per heavy atom. The lowest BCUT2D eigenvalue weighted by molar-refractivity contribution is 0.669. The van der Waals surface area contributed by atoms with Gasteiger partial charge in [-0.3, -0.25) is 0 Å². The molecule has 4 aromatic carbocycles. The van der Waals surface area contributed by atoms with Crippen molar-refractivity contribution in [3.8, 4) is 22.3 Å². The molecule has 5 rings (SSSR count). The van der Waals surface area contributed by atoms with Gasteiger partial charge in [0.2, 0.25) is 0 Å². The summed E-state index contributed by atoms with van der Waals surface area (Å²) in [6.07, 6.45) is 0. The van der Waals surface area contributed by atoms with E-state index in [-0.39, 0.29) is 0 Å². The number of hydrogen-bond acceptors (Lipinski definition) is 1. The highest BCUT2D eigenvalue weighted by atomic mass is 35.5. The fourth-order valence-corrected chi connectivity index (χ4v) is 3.54. The number of furan rings is 1. The molecular formula is C24H15ClO. The maximum atomic E-state index is 6.17. The van der Waals surface area contributed by atoms with Gasteiger partial charge in [0, 0.05) is 15.8 Å². The second kappa shape index (κ2) is 6.05. The van der Waals surface area contributed by atoms with E-state index in [1.165, 1.54) is 5.56 Å². The van der Waals surface area contributed by atoms with Gasteiger partial charge in [0.15, 0.2) is 0 Å². The summed E-state index contributed by atoms with van der Waals surface area (Å²) in [7, 11) is 0. The zero-order valence-electron chi connectivity index (χ0n) is 13.9. The maximum Gasteiger partial charge on any atom is 0.136 e. The Hall–Kier alpha value is -3.03. The summed E-state index contributed by atoms with van der Waals surface area (Å²) in [4.78, 5) is 0. The molecule has 0 fully saturated rings. The highest BCUT2D eigenvalue weighted by Crippen LogP contribution is 2.34. The third-order valence-corrected chi connectivity index (χ3v) is 5.01. The maximum absolute atomic E-state index is 6.17. The summed E-state index contributed by atoms with van der Waals surface area (Å²) >= 11 is 5.99. The lowest BCUT2D eigenvalue weighted by Crippen LogP contribution is -1.77. The SMILES string of the molecule is Clc1ccc(-c2ccc3c(c2)oc2cc(-c4ccccc4)ccc23)cc1. The number of halogens is 1. The molecule has 0 saturated heterocycles. The molecular weight excluding hydrogens is 340 g/mol. The Bertz CT molecular complexity index is 1220. The smallest absolute Gasteiger partial charge is 0.136 e. The van der Waals surface area contributed by atoms with Crippen LogP contribution in [0.2, 0.25) is 5.02 Å². The molecule has 0 bridgehead atoms. The second-order valence-corrected chi connectivity index (χ2v) is 6.83. The fraction of sp³-hybridized carbons (Fsp3) is 0. The van der Waals surface area contributed by atoms with Crippen molar-refractivity contribution in [2.45, 2.75) is 0 Å². The molecule has 0 aliphatic rings. The first-order valence-corrected chi connectivity index (χ1v) is 8.93. The van der Waals surface area contributed by atoms with Crippen LogP contribution in [0.5, 0.6) is 0 Å². The van der Waals surface area contributed by atoms with Gasteiger partial charge in [0.25, 0.3) is 0 Å². The Labute approximate surface area is 156 Å². The van der Waals surface area contributed by atoms with Crippen molar-refractivity contribution in [3.05, 3.63) is 96.0 Å². The van der Waals surface area contributed by atoms with Crippen molar-refractivity contribution in [1.82, 2.24) is 0 Å². The first-order valence-electron chi connectivity index (χ1n) is 8.56. The van der Waals surface area contributed by atoms with Crippen LogP contribution >= 0.6 is 11.6 Å². The molecule has 26 heavy (non-hydrogen) atoms. The van der Waals surface area contributed by atoms with E-state index in [9.17, 15) is 0 Å². The van der Waals surface area contributed by atoms with Crippen LogP contribution in [0.15, 0.2) is 95.4 Å². The van der Waals surface area contributed by atoms with Gasteiger partial charge in [0.05, 0.1) is 0 Å². The van der Waals surface area contributed by atoms with Crippen LogP contribution < -0.4 is 0 Å². The molecule has 0 radical (unpaired) electrons. The van der Waals surface area contributed by atoms with Crippen LogP contribution in [-0.4, -0.2) is 0 Å². The Kier molecular flexibility index (Phi) is 3.55. The van der Waals surface area contributed by atoms with Gasteiger partial charge in [-0.05, 0) is 58.7 Å². The predicted octanol–water partition coefficient (Wildman–Crippen LogP) is 7.57. The average Bonchev–Trinajstić information content (AvgIpc) is 3.06. The van der Waals surface area contributed by atoms with Crippen molar-refractivity contribution in [3.63, 3.8) is 0 Å². The minimum atomic E-state index is 0.743. The normalized spacial score (nSPS) is 11.3. The van der Waals surface area contributed by atoms with Gasteiger partial charge >= 0.3 is 0 Å². The van der Waals surface area contributed by atoms with Crippen molar-refractivity contribution in [2.75, 3.05) is 0 Å². The molecule has 1 heterocycles. The molecule has 0 aliphatic heterocycles. The minimum absolute atomic E-state index is 0.743. The summed E-state index contributed by atoms with van der Waals surface area (Å²) in [6.45, 7) is 0. The zero-order chi connectivity index (χ0) is 17.5. The number of hydrogen-bond donors (Lipinski definition) is 0. The predicted molar refractivity (Wildman–Crippen MR) is 110 cm³/mol. The van der Waals surface area contributed by atoms with Crippen molar-refractivity contribution in [1.29, 1.82) is 0 Å². The van der Waals surface area contributed by atoms with Crippen LogP contribution in [0.3, 0.4) is 0 Å². The molecule has 1 nitrogen and oxygen atoms in total. The highest BCUT2D eigenvalue weighted by molar-refractivity contribution is 6.30. The minimum Gasteiger partial charge on any atom is -0.456 e. The molecule has 5 aromatic rings. The number of fused-ring (bicyclic) bond motifs is 3. The molecule has 0 amide bonds. The summed E-state index contributed by atoms with van der Waals surface area (Å²) in [5.74, 6) is 0. The lowest BCUT2D eigenvalue weighted by atomic mass is 10.0. The summed E-state index contributed by atoms with van der Waals surface area (Å²) in [6, 6.07) is 31.0. The Morgan fingerprint density at radius 2 is 1.00 bits per heavy atom. The van der Waals surface area contributed by atoms with Crippen molar-refractivity contribution in [2.24, 2.45) is 0 Å².